The lowest BCUT2D eigenvalue weighted by atomic mass is 10.0. The van der Waals surface area contributed by atoms with Crippen LogP contribution in [0.4, 0.5) is 9.59 Å². The number of imidazole rings is 2. The molecule has 14 nitrogen and oxygen atoms in total. The zero-order valence-corrected chi connectivity index (χ0v) is 28.6. The van der Waals surface area contributed by atoms with E-state index < -0.39 is 24.3 Å². The van der Waals surface area contributed by atoms with Crippen molar-refractivity contribution in [1.29, 1.82) is 0 Å². The summed E-state index contributed by atoms with van der Waals surface area (Å²) in [5, 5.41) is 5.37. The van der Waals surface area contributed by atoms with Crippen LogP contribution in [0.2, 0.25) is 0 Å². The molecule has 0 saturated carbocycles. The van der Waals surface area contributed by atoms with Gasteiger partial charge in [-0.3, -0.25) is 9.59 Å². The van der Waals surface area contributed by atoms with Gasteiger partial charge in [-0.25, -0.2) is 19.6 Å². The number of methoxy groups -OCH3 is 2. The van der Waals surface area contributed by atoms with E-state index in [2.05, 4.69) is 30.6 Å². The summed E-state index contributed by atoms with van der Waals surface area (Å²) < 4.78 is 9.45. The Morgan fingerprint density at radius 2 is 1.15 bits per heavy atom. The van der Waals surface area contributed by atoms with Crippen LogP contribution in [0, 0.1) is 11.8 Å². The fourth-order valence-electron chi connectivity index (χ4n) is 6.54. The van der Waals surface area contributed by atoms with Crippen LogP contribution in [-0.2, 0) is 31.9 Å². The number of carbonyl (C=O) groups is 4. The van der Waals surface area contributed by atoms with Gasteiger partial charge < -0.3 is 39.9 Å². The lowest BCUT2D eigenvalue weighted by molar-refractivity contribution is -0.136. The van der Waals surface area contributed by atoms with Crippen molar-refractivity contribution in [3.05, 3.63) is 35.4 Å². The first kappa shape index (κ1) is 35.7. The van der Waals surface area contributed by atoms with Crippen molar-refractivity contribution in [2.75, 3.05) is 27.3 Å². The average molecular weight is 657 g/mol. The van der Waals surface area contributed by atoms with Crippen molar-refractivity contribution in [3.63, 3.8) is 0 Å². The fraction of sp³-hybridized carbons (Fsp3) is 0.697. The van der Waals surface area contributed by atoms with E-state index in [0.29, 0.717) is 13.1 Å². The van der Waals surface area contributed by atoms with Crippen molar-refractivity contribution < 1.29 is 28.7 Å². The lowest BCUT2D eigenvalue weighted by Crippen LogP contribution is -2.51. The summed E-state index contributed by atoms with van der Waals surface area (Å²) in [7, 11) is 2.59. The quantitative estimate of drug-likeness (QED) is 0.219. The molecule has 2 aliphatic heterocycles. The van der Waals surface area contributed by atoms with Crippen molar-refractivity contribution in [1.82, 2.24) is 40.4 Å². The number of aromatic amines is 2. The molecule has 2 aromatic rings. The van der Waals surface area contributed by atoms with E-state index in [1.54, 1.807) is 0 Å². The number of nitrogens with zero attached hydrogens (tertiary/aromatic N) is 4. The van der Waals surface area contributed by atoms with Crippen LogP contribution in [-0.4, -0.2) is 93.1 Å². The van der Waals surface area contributed by atoms with Gasteiger partial charge in [-0.2, -0.15) is 0 Å². The number of alkyl carbamates (subject to hydrolysis) is 2. The molecular weight excluding hydrogens is 604 g/mol. The van der Waals surface area contributed by atoms with Crippen molar-refractivity contribution >= 4 is 24.0 Å². The van der Waals surface area contributed by atoms with Gasteiger partial charge in [0.1, 0.15) is 23.7 Å². The molecule has 2 fully saturated rings. The van der Waals surface area contributed by atoms with Crippen LogP contribution in [0.15, 0.2) is 12.4 Å². The lowest BCUT2D eigenvalue weighted by Gasteiger charge is -2.30. The second-order valence-corrected chi connectivity index (χ2v) is 13.2. The summed E-state index contributed by atoms with van der Waals surface area (Å²) in [6, 6.07) is -1.60. The van der Waals surface area contributed by atoms with Gasteiger partial charge in [0.2, 0.25) is 11.8 Å². The number of nitrogens with one attached hydrogen (secondary N) is 4. The predicted molar refractivity (Wildman–Crippen MR) is 174 cm³/mol. The maximum absolute atomic E-state index is 13.4. The Hall–Kier alpha value is -4.10. The number of amides is 4. The van der Waals surface area contributed by atoms with E-state index in [1.165, 1.54) is 14.2 Å². The van der Waals surface area contributed by atoms with Crippen molar-refractivity contribution in [2.45, 2.75) is 110 Å². The molecule has 14 heteroatoms. The standard InChI is InChI=1S/C33H52N8O6/c1-20(2)26(38-32(44)46-5)30(42)40-16-10-14-24(40)28-34-18-22(36-28)12-8-7-9-13-23-19-35-29(37-23)25-15-11-17-41(25)31(43)27(21(3)4)39-33(45)47-6/h18-21,24-27H,7-17H2,1-6H3,(H,34,36)(H,35,37)(H,38,44)(H,39,45)/t24-,25-,26+,27+/m0/s1. The molecule has 2 saturated heterocycles. The molecule has 0 bridgehead atoms. The summed E-state index contributed by atoms with van der Waals surface area (Å²) in [6.45, 7) is 8.87. The van der Waals surface area contributed by atoms with Crippen molar-refractivity contribution in [2.24, 2.45) is 11.8 Å². The SMILES string of the molecule is COC(=O)N[C@@H](C(=O)N1CCC[C@H]1c1ncc(CCCCCc2cnc([C@@H]3CCCN3C(=O)[C@H](NC(=O)OC)C(C)C)[nH]2)[nH]1)C(C)C. The number of hydrogen-bond donors (Lipinski definition) is 4. The summed E-state index contributed by atoms with van der Waals surface area (Å²) >= 11 is 0. The number of unbranched alkanes of at least 4 members (excludes halogenated alkanes) is 2. The highest BCUT2D eigenvalue weighted by atomic mass is 16.5. The van der Waals surface area contributed by atoms with Gasteiger partial charge >= 0.3 is 12.2 Å². The van der Waals surface area contributed by atoms with E-state index in [0.717, 1.165) is 80.8 Å². The molecule has 0 aromatic carbocycles. The molecule has 0 unspecified atom stereocenters. The summed E-state index contributed by atoms with van der Waals surface area (Å²) in [5.41, 5.74) is 2.09. The van der Waals surface area contributed by atoms with Crippen LogP contribution in [0.1, 0.15) is 108 Å². The molecule has 4 N–H and O–H groups in total. The molecule has 47 heavy (non-hydrogen) atoms. The van der Waals surface area contributed by atoms with Gasteiger partial charge in [-0.05, 0) is 63.2 Å². The van der Waals surface area contributed by atoms with Gasteiger partial charge in [-0.1, -0.05) is 34.1 Å². The first-order chi connectivity index (χ1) is 22.5. The monoisotopic (exact) mass is 656 g/mol. The Labute approximate surface area is 277 Å². The number of carbonyl (C=O) groups excluding carboxylic acids is 4. The normalized spacial score (nSPS) is 19.2. The van der Waals surface area contributed by atoms with Gasteiger partial charge in [-0.15, -0.1) is 0 Å². The third kappa shape index (κ3) is 9.04. The van der Waals surface area contributed by atoms with E-state index in [9.17, 15) is 19.2 Å². The second-order valence-electron chi connectivity index (χ2n) is 13.2. The number of hydrogen-bond acceptors (Lipinski definition) is 8. The number of rotatable bonds is 14. The zero-order valence-electron chi connectivity index (χ0n) is 28.6. The molecule has 260 valence electrons. The third-order valence-electron chi connectivity index (χ3n) is 9.17. The maximum Gasteiger partial charge on any atom is 0.407 e. The zero-order chi connectivity index (χ0) is 34.1. The Balaban J connectivity index is 1.24. The molecular formula is C33H52N8O6. The minimum Gasteiger partial charge on any atom is -0.453 e. The largest absolute Gasteiger partial charge is 0.453 e. The highest BCUT2D eigenvalue weighted by molar-refractivity contribution is 5.87. The van der Waals surface area contributed by atoms with Gasteiger partial charge in [0.25, 0.3) is 0 Å². The summed E-state index contributed by atoms with van der Waals surface area (Å²) in [4.78, 5) is 70.2. The molecule has 4 amide bonds. The third-order valence-corrected chi connectivity index (χ3v) is 9.17. The Morgan fingerprint density at radius 1 is 0.745 bits per heavy atom. The van der Waals surface area contributed by atoms with E-state index >= 15 is 0 Å². The van der Waals surface area contributed by atoms with Crippen LogP contribution in [0.25, 0.3) is 0 Å². The van der Waals surface area contributed by atoms with Gasteiger partial charge in [0, 0.05) is 36.9 Å². The summed E-state index contributed by atoms with van der Waals surface area (Å²) in [6.07, 6.45) is 10.6. The van der Waals surface area contributed by atoms with Crippen LogP contribution in [0.3, 0.4) is 0 Å². The fourth-order valence-corrected chi connectivity index (χ4v) is 6.54. The number of likely N-dealkylation sites (tertiary alicyclic amines) is 2. The molecule has 2 aliphatic rings. The van der Waals surface area contributed by atoms with Gasteiger partial charge in [0.05, 0.1) is 26.3 Å². The average Bonchev–Trinajstić information content (AvgIpc) is 3.87. The molecule has 4 atom stereocenters. The Bertz CT molecular complexity index is 1260. The summed E-state index contributed by atoms with van der Waals surface area (Å²) in [5.74, 6) is 1.19. The second kappa shape index (κ2) is 16.6. The highest BCUT2D eigenvalue weighted by Crippen LogP contribution is 2.33. The first-order valence-electron chi connectivity index (χ1n) is 16.9. The Morgan fingerprint density at radius 3 is 1.51 bits per heavy atom. The number of aryl methyl sites for hydroxylation is 2. The molecule has 4 heterocycles. The predicted octanol–water partition coefficient (Wildman–Crippen LogP) is 4.18. The van der Waals surface area contributed by atoms with Gasteiger partial charge in [0.15, 0.2) is 0 Å². The van der Waals surface area contributed by atoms with Crippen LogP contribution < -0.4 is 10.6 Å². The first-order valence-corrected chi connectivity index (χ1v) is 16.9. The topological polar surface area (TPSA) is 175 Å². The minimum atomic E-state index is -0.657. The number of H-pyrrole nitrogens is 2. The molecule has 0 radical (unpaired) electrons. The highest BCUT2D eigenvalue weighted by Gasteiger charge is 2.38. The van der Waals surface area contributed by atoms with Crippen LogP contribution in [0.5, 0.6) is 0 Å². The number of ether oxygens (including phenoxy) is 2. The molecule has 2 aromatic heterocycles. The molecule has 0 spiro atoms. The minimum absolute atomic E-state index is 0.0794. The smallest absolute Gasteiger partial charge is 0.407 e. The van der Waals surface area contributed by atoms with Crippen molar-refractivity contribution in [3.8, 4) is 0 Å². The van der Waals surface area contributed by atoms with E-state index in [4.69, 9.17) is 9.47 Å². The maximum atomic E-state index is 13.4. The Kier molecular flexibility index (Phi) is 12.7. The van der Waals surface area contributed by atoms with E-state index in [-0.39, 0.29) is 35.7 Å². The van der Waals surface area contributed by atoms with E-state index in [1.807, 2.05) is 49.9 Å². The molecule has 0 aliphatic carbocycles. The number of aromatic nitrogens is 4. The van der Waals surface area contributed by atoms with Crippen LogP contribution >= 0.6 is 0 Å². The molecule has 4 rings (SSSR count).